The Morgan fingerprint density at radius 1 is 1.13 bits per heavy atom. The number of hydrogen-bond acceptors (Lipinski definition) is 6. The minimum Gasteiger partial charge on any atom is -0.481 e. The maximum atomic E-state index is 14.3. The lowest BCUT2D eigenvalue weighted by molar-refractivity contribution is -0.145. The summed E-state index contributed by atoms with van der Waals surface area (Å²) in [4.78, 5) is 32.1. The number of methoxy groups -OCH3 is 2. The Morgan fingerprint density at radius 2 is 1.82 bits per heavy atom. The van der Waals surface area contributed by atoms with E-state index in [0.717, 1.165) is 19.0 Å². The van der Waals surface area contributed by atoms with Crippen LogP contribution in [0.4, 0.5) is 13.2 Å². The molecule has 3 fully saturated rings. The van der Waals surface area contributed by atoms with Crippen LogP contribution in [0.1, 0.15) is 61.9 Å². The summed E-state index contributed by atoms with van der Waals surface area (Å²) in [5.74, 6) is -0.894. The average Bonchev–Trinajstić information content (AvgIpc) is 3.51. The maximum Gasteiger partial charge on any atom is 0.272 e. The minimum atomic E-state index is -2.56. The summed E-state index contributed by atoms with van der Waals surface area (Å²) >= 11 is 0. The quantitative estimate of drug-likeness (QED) is 0.560. The first-order valence-electron chi connectivity index (χ1n) is 13.0. The topological polar surface area (TPSA) is 109 Å². The van der Waals surface area contributed by atoms with Gasteiger partial charge in [-0.3, -0.25) is 14.7 Å². The molecule has 1 saturated carbocycles. The number of aromatic nitrogens is 3. The van der Waals surface area contributed by atoms with Crippen molar-refractivity contribution in [3.05, 3.63) is 29.8 Å². The number of halogens is 3. The van der Waals surface area contributed by atoms with Crippen molar-refractivity contribution < 1.29 is 32.2 Å². The summed E-state index contributed by atoms with van der Waals surface area (Å²) in [6.45, 7) is 0. The molecule has 4 heterocycles. The first-order valence-corrected chi connectivity index (χ1v) is 13.0. The number of nitrogens with one attached hydrogen (secondary N) is 2. The molecule has 3 atom stereocenters. The number of pyridine rings is 1. The molecular weight excluding hydrogens is 503 g/mol. The van der Waals surface area contributed by atoms with Crippen molar-refractivity contribution in [2.45, 2.75) is 81.5 Å². The van der Waals surface area contributed by atoms with Crippen molar-refractivity contribution in [1.29, 1.82) is 0 Å². The zero-order valence-corrected chi connectivity index (χ0v) is 21.4. The van der Waals surface area contributed by atoms with Crippen molar-refractivity contribution >= 4 is 11.8 Å². The molecule has 38 heavy (non-hydrogen) atoms. The van der Waals surface area contributed by atoms with Gasteiger partial charge in [-0.15, -0.1) is 0 Å². The monoisotopic (exact) mass is 535 g/mol. The van der Waals surface area contributed by atoms with Gasteiger partial charge in [0, 0.05) is 42.8 Å². The number of H-pyrrole nitrogens is 1. The normalized spacial score (nSPS) is 28.9. The summed E-state index contributed by atoms with van der Waals surface area (Å²) < 4.78 is 51.4. The van der Waals surface area contributed by atoms with Gasteiger partial charge in [-0.1, -0.05) is 0 Å². The van der Waals surface area contributed by atoms with Gasteiger partial charge < -0.3 is 19.7 Å². The number of hydrogen-bond donors (Lipinski definition) is 2. The SMILES string of the molecule is COc1cc(-c2cc(C(=O)N3[C@@H]4CC[C@H]3CC(C(=O)NC3CCC(OC)(C(F)F)CC3)C4)[nH]n2)c(F)cn1. The van der Waals surface area contributed by atoms with Gasteiger partial charge in [-0.05, 0) is 57.4 Å². The van der Waals surface area contributed by atoms with Crippen LogP contribution >= 0.6 is 0 Å². The number of amides is 2. The fourth-order valence-electron chi connectivity index (χ4n) is 6.24. The lowest BCUT2D eigenvalue weighted by Gasteiger charge is -2.40. The van der Waals surface area contributed by atoms with Gasteiger partial charge in [0.2, 0.25) is 11.8 Å². The van der Waals surface area contributed by atoms with Crippen LogP contribution in [0.25, 0.3) is 11.3 Å². The zero-order valence-electron chi connectivity index (χ0n) is 21.4. The Morgan fingerprint density at radius 3 is 2.42 bits per heavy atom. The Labute approximate surface area is 218 Å². The van der Waals surface area contributed by atoms with Crippen molar-refractivity contribution in [2.24, 2.45) is 5.92 Å². The van der Waals surface area contributed by atoms with E-state index in [4.69, 9.17) is 9.47 Å². The van der Waals surface area contributed by atoms with Crippen LogP contribution in [-0.4, -0.2) is 76.3 Å². The van der Waals surface area contributed by atoms with Crippen LogP contribution in [0.15, 0.2) is 18.3 Å². The fourth-order valence-corrected chi connectivity index (χ4v) is 6.24. The molecule has 2 N–H and O–H groups in total. The molecule has 206 valence electrons. The predicted octanol–water partition coefficient (Wildman–Crippen LogP) is 3.71. The van der Waals surface area contributed by atoms with Crippen molar-refractivity contribution in [3.8, 4) is 17.1 Å². The zero-order chi connectivity index (χ0) is 27.0. The van der Waals surface area contributed by atoms with Gasteiger partial charge in [-0.25, -0.2) is 18.2 Å². The highest BCUT2D eigenvalue weighted by Gasteiger charge is 2.47. The van der Waals surface area contributed by atoms with E-state index in [1.165, 1.54) is 26.4 Å². The van der Waals surface area contributed by atoms with E-state index in [-0.39, 0.29) is 71.5 Å². The first kappa shape index (κ1) is 26.5. The highest BCUT2D eigenvalue weighted by atomic mass is 19.3. The van der Waals surface area contributed by atoms with Crippen LogP contribution in [0.3, 0.4) is 0 Å². The number of alkyl halides is 2. The number of ether oxygens (including phenoxy) is 2. The van der Waals surface area contributed by atoms with Crippen LogP contribution < -0.4 is 10.1 Å². The van der Waals surface area contributed by atoms with Crippen molar-refractivity contribution in [3.63, 3.8) is 0 Å². The van der Waals surface area contributed by atoms with Crippen molar-refractivity contribution in [1.82, 2.24) is 25.4 Å². The lowest BCUT2D eigenvalue weighted by Crippen LogP contribution is -2.52. The van der Waals surface area contributed by atoms with Crippen LogP contribution in [-0.2, 0) is 9.53 Å². The number of carbonyl (C=O) groups is 2. The second-order valence-corrected chi connectivity index (χ2v) is 10.5. The highest BCUT2D eigenvalue weighted by molar-refractivity contribution is 5.94. The molecule has 2 aliphatic heterocycles. The van der Waals surface area contributed by atoms with E-state index < -0.39 is 17.8 Å². The molecule has 1 aliphatic carbocycles. The lowest BCUT2D eigenvalue weighted by atomic mass is 9.81. The number of fused-ring (bicyclic) bond motifs is 2. The number of aromatic amines is 1. The van der Waals surface area contributed by atoms with E-state index in [9.17, 15) is 22.8 Å². The van der Waals surface area contributed by atoms with Gasteiger partial charge in [0.1, 0.15) is 11.3 Å². The highest BCUT2D eigenvalue weighted by Crippen LogP contribution is 2.41. The molecule has 9 nitrogen and oxygen atoms in total. The van der Waals surface area contributed by atoms with Gasteiger partial charge in [-0.2, -0.15) is 5.10 Å². The van der Waals surface area contributed by atoms with E-state index in [1.807, 2.05) is 4.90 Å². The van der Waals surface area contributed by atoms with Gasteiger partial charge in [0.05, 0.1) is 19.0 Å². The molecule has 2 bridgehead atoms. The number of carbonyl (C=O) groups excluding carboxylic acids is 2. The smallest absolute Gasteiger partial charge is 0.272 e. The average molecular weight is 536 g/mol. The van der Waals surface area contributed by atoms with Gasteiger partial charge in [0.25, 0.3) is 12.3 Å². The second-order valence-electron chi connectivity index (χ2n) is 10.5. The number of rotatable bonds is 7. The van der Waals surface area contributed by atoms with Crippen LogP contribution in [0.5, 0.6) is 5.88 Å². The van der Waals surface area contributed by atoms with Crippen molar-refractivity contribution in [2.75, 3.05) is 14.2 Å². The van der Waals surface area contributed by atoms with E-state index >= 15 is 0 Å². The van der Waals surface area contributed by atoms with E-state index in [2.05, 4.69) is 20.5 Å². The summed E-state index contributed by atoms with van der Waals surface area (Å²) in [6.07, 6.45) is 2.45. The first-order chi connectivity index (χ1) is 18.2. The molecule has 0 spiro atoms. The second kappa shape index (κ2) is 10.5. The molecule has 1 unspecified atom stereocenters. The molecule has 2 amide bonds. The number of nitrogens with zero attached hydrogens (tertiary/aromatic N) is 3. The molecule has 2 saturated heterocycles. The molecule has 0 aromatic carbocycles. The van der Waals surface area contributed by atoms with Crippen LogP contribution in [0.2, 0.25) is 0 Å². The number of piperidine rings is 1. The molecule has 5 rings (SSSR count). The summed E-state index contributed by atoms with van der Waals surface area (Å²) in [6, 6.07) is 2.60. The van der Waals surface area contributed by atoms with Crippen LogP contribution in [0, 0.1) is 11.7 Å². The largest absolute Gasteiger partial charge is 0.481 e. The molecule has 0 radical (unpaired) electrons. The standard InChI is InChI=1S/C26H32F3N5O4/c1-37-22-11-18(19(27)13-30-22)20-12-21(33-32-20)24(36)34-16-3-4-17(34)10-14(9-16)23(35)31-15-5-7-26(38-2,8-6-15)25(28)29/h11-17,25H,3-10H2,1-2H3,(H,31,35)(H,32,33)/t14?,15?,16-,17+,26?. The third kappa shape index (κ3) is 4.85. The summed E-state index contributed by atoms with van der Waals surface area (Å²) in [5, 5.41) is 9.92. The fraction of sp³-hybridized carbons (Fsp3) is 0.615. The van der Waals surface area contributed by atoms with E-state index in [1.54, 1.807) is 0 Å². The van der Waals surface area contributed by atoms with Gasteiger partial charge >= 0.3 is 0 Å². The molecule has 2 aromatic rings. The third-order valence-electron chi connectivity index (χ3n) is 8.44. The Hall–Kier alpha value is -3.15. The predicted molar refractivity (Wildman–Crippen MR) is 130 cm³/mol. The van der Waals surface area contributed by atoms with Gasteiger partial charge in [0.15, 0.2) is 5.82 Å². The van der Waals surface area contributed by atoms with E-state index in [0.29, 0.717) is 25.7 Å². The minimum absolute atomic E-state index is 0.0769. The summed E-state index contributed by atoms with van der Waals surface area (Å²) in [5.41, 5.74) is -0.735. The molecular formula is C26H32F3N5O4. The Kier molecular flexibility index (Phi) is 7.34. The maximum absolute atomic E-state index is 14.3. The summed E-state index contributed by atoms with van der Waals surface area (Å²) in [7, 11) is 2.74. The Bertz CT molecular complexity index is 1170. The molecule has 2 aromatic heterocycles. The molecule has 3 aliphatic rings. The Balaban J connectivity index is 1.20. The third-order valence-corrected chi connectivity index (χ3v) is 8.44. The molecule has 12 heteroatoms.